The Balaban J connectivity index is 0.822. The van der Waals surface area contributed by atoms with E-state index >= 15 is 0 Å². The molecule has 12 aliphatic rings. The summed E-state index contributed by atoms with van der Waals surface area (Å²) in [5.41, 5.74) is 37.6. The van der Waals surface area contributed by atoms with Crippen LogP contribution in [0.25, 0.3) is 210 Å². The van der Waals surface area contributed by atoms with E-state index in [9.17, 15) is 0 Å². The summed E-state index contributed by atoms with van der Waals surface area (Å²) in [7, 11) is 0. The molecule has 450 valence electrons. The fourth-order valence-corrected chi connectivity index (χ4v) is 24.1. The summed E-state index contributed by atoms with van der Waals surface area (Å²) in [5, 5.41) is 17.2. The van der Waals surface area contributed by atoms with Gasteiger partial charge >= 0.3 is 17.7 Å². The van der Waals surface area contributed by atoms with Crippen LogP contribution in [0.1, 0.15) is 34.2 Å². The minimum absolute atomic E-state index is 0.804. The molecule has 100 heavy (non-hydrogen) atoms. The van der Waals surface area contributed by atoms with Crippen LogP contribution in [0.4, 0.5) is 0 Å². The molecule has 14 heteroatoms. The van der Waals surface area contributed by atoms with E-state index in [0.29, 0.717) is 0 Å². The lowest BCUT2D eigenvalue weighted by molar-refractivity contribution is -0.970. The van der Waals surface area contributed by atoms with Gasteiger partial charge in [-0.3, -0.25) is 9.97 Å². The third-order valence-corrected chi connectivity index (χ3v) is 26.7. The third kappa shape index (κ3) is 3.94. The maximum absolute atomic E-state index is 4.88. The molecule has 14 nitrogen and oxygen atoms in total. The van der Waals surface area contributed by atoms with Crippen LogP contribution < -0.4 is 27.4 Å². The van der Waals surface area contributed by atoms with Crippen molar-refractivity contribution in [1.29, 1.82) is 0 Å². The predicted molar refractivity (Wildman–Crippen MR) is 376 cm³/mol. The van der Waals surface area contributed by atoms with Gasteiger partial charge in [0.15, 0.2) is 0 Å². The van der Waals surface area contributed by atoms with Crippen LogP contribution in [0.2, 0.25) is 0 Å². The first-order valence-corrected chi connectivity index (χ1v) is 35.2. The minimum atomic E-state index is -0.960. The van der Waals surface area contributed by atoms with E-state index in [1.54, 1.807) is 0 Å². The zero-order chi connectivity index (χ0) is 62.8. The summed E-state index contributed by atoms with van der Waals surface area (Å²) in [6, 6.07) is 77.7. The van der Waals surface area contributed by atoms with Crippen LogP contribution >= 0.6 is 0 Å². The molecule has 2 atom stereocenters. The Morgan fingerprint density at radius 1 is 0.240 bits per heavy atom. The Bertz CT molecular complexity index is 7560. The van der Waals surface area contributed by atoms with Gasteiger partial charge in [-0.25, -0.2) is 27.4 Å². The van der Waals surface area contributed by atoms with E-state index in [4.69, 9.17) is 9.97 Å². The zero-order valence-electron chi connectivity index (χ0n) is 52.7. The molecule has 20 aromatic rings. The molecule has 0 N–H and O–H groups in total. The molecule has 0 fully saturated rings. The fourth-order valence-electron chi connectivity index (χ4n) is 24.1. The number of hydrogen-bond acceptors (Lipinski definition) is 2. The monoisotopic (exact) mass is 1270 g/mol. The van der Waals surface area contributed by atoms with Crippen molar-refractivity contribution in [2.75, 3.05) is 0 Å². The van der Waals surface area contributed by atoms with Crippen LogP contribution in [0.5, 0.6) is 0 Å². The molecule has 0 amide bonds. The smallest absolute Gasteiger partial charge is 0.264 e. The Hall–Kier alpha value is -13.2. The van der Waals surface area contributed by atoms with Crippen molar-refractivity contribution in [3.8, 4) is 102 Å². The second-order valence-electron chi connectivity index (χ2n) is 30.5. The van der Waals surface area contributed by atoms with Gasteiger partial charge < -0.3 is 0 Å². The highest BCUT2D eigenvalue weighted by Crippen LogP contribution is 2.60. The van der Waals surface area contributed by atoms with Crippen LogP contribution in [-0.2, 0) is 37.0 Å². The Labute approximate surface area is 561 Å². The van der Waals surface area contributed by atoms with E-state index in [1.807, 2.05) is 12.4 Å². The Kier molecular flexibility index (Phi) is 6.22. The van der Waals surface area contributed by atoms with Gasteiger partial charge in [-0.05, 0) is 84.9 Å². The summed E-state index contributed by atoms with van der Waals surface area (Å²) in [6.45, 7) is 0. The highest BCUT2D eigenvalue weighted by atomic mass is 15.6. The number of benzene rings is 6. The number of rotatable bonds is 0. The maximum atomic E-state index is 4.88. The van der Waals surface area contributed by atoms with Crippen LogP contribution in [0.15, 0.2) is 219 Å². The zero-order valence-corrected chi connectivity index (χ0v) is 52.7. The summed E-state index contributed by atoms with van der Waals surface area (Å²) in [4.78, 5) is 9.76. The first-order chi connectivity index (χ1) is 49.6. The molecule has 6 aromatic carbocycles. The molecular weight excluding hydrogens is 1230 g/mol. The van der Waals surface area contributed by atoms with Gasteiger partial charge in [0, 0.05) is 158 Å². The largest absolute Gasteiger partial charge is 0.553 e. The van der Waals surface area contributed by atoms with Crippen LogP contribution in [0, 0.1) is 0 Å². The van der Waals surface area contributed by atoms with E-state index in [1.165, 1.54) is 234 Å². The summed E-state index contributed by atoms with van der Waals surface area (Å²) < 4.78 is 33.5. The predicted octanol–water partition coefficient (Wildman–Crippen LogP) is 12.7. The number of fused-ring (bicyclic) bond motifs is 19. The van der Waals surface area contributed by atoms with Crippen LogP contribution in [0.3, 0.4) is 0 Å². The number of hydrogen-bond donors (Lipinski definition) is 0. The molecule has 0 bridgehead atoms. The van der Waals surface area contributed by atoms with Crippen molar-refractivity contribution < 1.29 is 27.4 Å². The van der Waals surface area contributed by atoms with E-state index in [2.05, 4.69) is 261 Å². The lowest BCUT2D eigenvalue weighted by atomic mass is 9.93. The SMILES string of the molecule is c1cc2c3c(c1)cc1n3C34n5c(cc6cccc(c65)-c5c6cc7[n+]8c(c6cc([n+]53)-c3cc5cnccc5c-2[n+]34)-c2cccc3cc4n(c23)C82n3c(cc5cccc(c53)-c3c5cc6[n+]8c(c5cc-7[n+]32)-c2cccc3cc5n(c23)C82n3c(cc7cccc(c73)-c3c7ccncc7cc-6[n+]32)C5)C4)C1. The molecule has 14 aromatic heterocycles. The number of aromatic nitrogens is 14. The lowest BCUT2D eigenvalue weighted by Crippen LogP contribution is -2.81. The normalized spacial score (nSPS) is 19.6. The molecule has 0 saturated carbocycles. The van der Waals surface area contributed by atoms with Crippen molar-refractivity contribution in [2.24, 2.45) is 0 Å². The highest BCUT2D eigenvalue weighted by molar-refractivity contribution is 6.15. The molecule has 12 aliphatic heterocycles. The molecule has 0 aliphatic carbocycles. The summed E-state index contributed by atoms with van der Waals surface area (Å²) in [6.07, 6.45) is 10.6. The van der Waals surface area contributed by atoms with Gasteiger partial charge in [0.2, 0.25) is 34.2 Å². The average molecular weight is 1270 g/mol. The van der Waals surface area contributed by atoms with Crippen molar-refractivity contribution in [3.63, 3.8) is 0 Å². The summed E-state index contributed by atoms with van der Waals surface area (Å²) in [5.74, 6) is -2.71. The highest BCUT2D eigenvalue weighted by Gasteiger charge is 2.78. The molecule has 2 unspecified atom stereocenters. The quantitative estimate of drug-likeness (QED) is 0.142. The fraction of sp³-hybridized carbons (Fsp3) is 0.0698. The second-order valence-corrected chi connectivity index (χ2v) is 30.5. The Morgan fingerprint density at radius 2 is 0.470 bits per heavy atom. The maximum Gasteiger partial charge on any atom is 0.553 e. The van der Waals surface area contributed by atoms with Gasteiger partial charge in [-0.15, -0.1) is 0 Å². The number of nitrogens with zero attached hydrogens (tertiary/aromatic N) is 14. The van der Waals surface area contributed by atoms with E-state index < -0.39 is 17.7 Å². The van der Waals surface area contributed by atoms with Crippen molar-refractivity contribution >= 4 is 109 Å². The third-order valence-electron chi connectivity index (χ3n) is 26.7. The number of pyridine rings is 8. The number of para-hydroxylation sites is 6. The Morgan fingerprint density at radius 3 is 0.720 bits per heavy atom. The van der Waals surface area contributed by atoms with Gasteiger partial charge in [-0.1, -0.05) is 100 Å². The van der Waals surface area contributed by atoms with Crippen molar-refractivity contribution in [2.45, 2.75) is 37.0 Å². The van der Waals surface area contributed by atoms with Crippen molar-refractivity contribution in [1.82, 2.24) is 37.4 Å². The van der Waals surface area contributed by atoms with Gasteiger partial charge in [0.1, 0.15) is 0 Å². The average Bonchev–Trinajstić information content (AvgIpc) is 1.45. The van der Waals surface area contributed by atoms with Crippen molar-refractivity contribution in [3.05, 3.63) is 253 Å². The summed E-state index contributed by atoms with van der Waals surface area (Å²) >= 11 is 0. The van der Waals surface area contributed by atoms with Gasteiger partial charge in [0.05, 0.1) is 98.8 Å². The van der Waals surface area contributed by atoms with E-state index in [-0.39, 0.29) is 0 Å². The molecule has 0 saturated heterocycles. The molecule has 26 heterocycles. The first-order valence-electron chi connectivity index (χ1n) is 35.2. The molecule has 0 radical (unpaired) electrons. The topological polar surface area (TPSA) is 78.6 Å². The van der Waals surface area contributed by atoms with E-state index in [0.717, 1.165) is 30.0 Å². The van der Waals surface area contributed by atoms with Gasteiger partial charge in [0.25, 0.3) is 34.2 Å². The minimum Gasteiger partial charge on any atom is -0.264 e. The lowest BCUT2D eigenvalue weighted by Gasteiger charge is -2.37. The molecular formula is C86H42N14+6. The molecule has 32 rings (SSSR count). The van der Waals surface area contributed by atoms with Gasteiger partial charge in [-0.2, -0.15) is 0 Å². The van der Waals surface area contributed by atoms with Crippen LogP contribution in [-0.4, -0.2) is 37.4 Å². The standard InChI is InChI=1S/C86H42N14/c1-7-40-23-48-31-50-25-42-9-3-15-58-74(42)91(50)84-89(48)72(40)56(13-1)78-54-19-21-87-38-46(54)29-66(95(78)84)68-34-62-64(80(58)97(68)84)36-70-71-37-65-63(83-61-18-6-12-45-28-53-33-52-27-44-11-5-17-60-76(44)93(52)86(100(71)83,94(53)77(45)61)99(70)82(60)62)35-69-67-30-47-39-88-22-20-55(47)79-57-14-2-8-41-24-49-32-51-26-43-10-4-16-59-75(43)92(51)85(96(67)79,90(49)73(41)57)98(69)81(59)65/h1-30,34-39H,31-33H2/q+6. The first kappa shape index (κ1) is 46.0. The second kappa shape index (κ2) is 13.5. The molecule has 3 spiro atoms.